The summed E-state index contributed by atoms with van der Waals surface area (Å²) in [6.45, 7) is 2.02. The van der Waals surface area contributed by atoms with Gasteiger partial charge in [0.05, 0.1) is 0 Å². The molecule has 2 radical (unpaired) electrons. The van der Waals surface area contributed by atoms with Crippen LogP contribution in [-0.2, 0) is 4.74 Å². The molecule has 0 saturated heterocycles. The molecule has 2 nitrogen and oxygen atoms in total. The third-order valence-corrected chi connectivity index (χ3v) is 3.43. The predicted octanol–water partition coefficient (Wildman–Crippen LogP) is 1.87. The van der Waals surface area contributed by atoms with E-state index in [2.05, 4.69) is 0 Å². The molecule has 0 N–H and O–H groups in total. The zero-order chi connectivity index (χ0) is 8.77. The van der Waals surface area contributed by atoms with Crippen LogP contribution in [0.1, 0.15) is 32.6 Å². The molecular formula is C9H13BO2. The van der Waals surface area contributed by atoms with E-state index in [-0.39, 0.29) is 5.60 Å². The van der Waals surface area contributed by atoms with Gasteiger partial charge in [-0.15, -0.1) is 0 Å². The Balaban J connectivity index is 2.07. The molecule has 0 spiro atoms. The second kappa shape index (κ2) is 2.51. The maximum atomic E-state index is 10.6. The number of fused-ring (bicyclic) bond motifs is 2. The van der Waals surface area contributed by atoms with Crippen molar-refractivity contribution in [3.05, 3.63) is 0 Å². The molecule has 12 heavy (non-hydrogen) atoms. The van der Waals surface area contributed by atoms with Gasteiger partial charge in [0.1, 0.15) is 5.60 Å². The summed E-state index contributed by atoms with van der Waals surface area (Å²) in [7, 11) is 5.03. The fourth-order valence-corrected chi connectivity index (χ4v) is 2.91. The van der Waals surface area contributed by atoms with Gasteiger partial charge < -0.3 is 4.74 Å². The summed E-state index contributed by atoms with van der Waals surface area (Å²) < 4.78 is 5.17. The average molecular weight is 164 g/mol. The standard InChI is InChI=1S/C9H13BO2/c1-9(12-8(10)11)5-6-2-3-7(9)4-6/h6-7H,2-5H2,1H3. The van der Waals surface area contributed by atoms with Crippen molar-refractivity contribution in [1.82, 2.24) is 0 Å². The number of ether oxygens (including phenoxy) is 1. The summed E-state index contributed by atoms with van der Waals surface area (Å²) in [5.41, 5.74) is -0.241. The third-order valence-electron chi connectivity index (χ3n) is 3.43. The van der Waals surface area contributed by atoms with Crippen molar-refractivity contribution < 1.29 is 9.53 Å². The molecular weight excluding hydrogens is 151 g/mol. The lowest BCUT2D eigenvalue weighted by molar-refractivity contribution is -0.00265. The zero-order valence-electron chi connectivity index (χ0n) is 7.38. The summed E-state index contributed by atoms with van der Waals surface area (Å²) in [6.07, 6.45) is 4.75. The van der Waals surface area contributed by atoms with Gasteiger partial charge in [0.2, 0.25) is 13.7 Å². The molecule has 2 saturated carbocycles. The van der Waals surface area contributed by atoms with Crippen molar-refractivity contribution in [2.24, 2.45) is 11.8 Å². The Bertz CT molecular complexity index is 217. The van der Waals surface area contributed by atoms with Crippen LogP contribution < -0.4 is 0 Å². The molecule has 3 atom stereocenters. The molecule has 0 aromatic carbocycles. The minimum absolute atomic E-state index is 0.241. The zero-order valence-corrected chi connectivity index (χ0v) is 7.38. The Hall–Kier alpha value is -0.465. The largest absolute Gasteiger partial charge is 0.468 e. The van der Waals surface area contributed by atoms with Gasteiger partial charge in [-0.3, -0.25) is 4.79 Å². The van der Waals surface area contributed by atoms with E-state index in [9.17, 15) is 4.79 Å². The molecule has 0 aliphatic heterocycles. The van der Waals surface area contributed by atoms with E-state index in [0.717, 1.165) is 12.3 Å². The number of hydrogen-bond donors (Lipinski definition) is 0. The highest BCUT2D eigenvalue weighted by Crippen LogP contribution is 2.52. The van der Waals surface area contributed by atoms with Crippen LogP contribution in [0.4, 0.5) is 4.79 Å². The molecule has 3 unspecified atom stereocenters. The topological polar surface area (TPSA) is 26.3 Å². The summed E-state index contributed by atoms with van der Waals surface area (Å²) in [5, 5.41) is 0. The lowest BCUT2D eigenvalue weighted by Crippen LogP contribution is -2.36. The van der Waals surface area contributed by atoms with Gasteiger partial charge in [0.25, 0.3) is 0 Å². The molecule has 2 bridgehead atoms. The van der Waals surface area contributed by atoms with Crippen molar-refractivity contribution in [2.75, 3.05) is 0 Å². The van der Waals surface area contributed by atoms with Crippen molar-refractivity contribution in [1.29, 1.82) is 0 Å². The Morgan fingerprint density at radius 1 is 1.58 bits per heavy atom. The van der Waals surface area contributed by atoms with Crippen LogP contribution in [0.15, 0.2) is 0 Å². The fourth-order valence-electron chi connectivity index (χ4n) is 2.91. The third kappa shape index (κ3) is 1.15. The summed E-state index contributed by atoms with van der Waals surface area (Å²) >= 11 is 0. The highest BCUT2D eigenvalue weighted by molar-refractivity contribution is 6.55. The van der Waals surface area contributed by atoms with Crippen LogP contribution in [0.3, 0.4) is 0 Å². The van der Waals surface area contributed by atoms with E-state index in [1.165, 1.54) is 19.3 Å². The Morgan fingerprint density at radius 2 is 2.33 bits per heavy atom. The van der Waals surface area contributed by atoms with E-state index in [1.807, 2.05) is 6.92 Å². The Morgan fingerprint density at radius 3 is 2.75 bits per heavy atom. The van der Waals surface area contributed by atoms with Gasteiger partial charge in [-0.1, -0.05) is 0 Å². The molecule has 3 heteroatoms. The first-order valence-electron chi connectivity index (χ1n) is 4.58. The summed E-state index contributed by atoms with van der Waals surface area (Å²) in [5.74, 6) is 0.722. The SMILES string of the molecule is [B]C(=O)OC1(C)CC2CCC1C2. The van der Waals surface area contributed by atoms with Crippen molar-refractivity contribution in [3.8, 4) is 0 Å². The molecule has 0 aromatic heterocycles. The Kier molecular flexibility index (Phi) is 1.70. The van der Waals surface area contributed by atoms with Gasteiger partial charge in [-0.2, -0.15) is 0 Å². The van der Waals surface area contributed by atoms with Crippen LogP contribution >= 0.6 is 0 Å². The maximum Gasteiger partial charge on any atom is 0.236 e. The molecule has 2 aliphatic carbocycles. The van der Waals surface area contributed by atoms with Gasteiger partial charge >= 0.3 is 0 Å². The predicted molar refractivity (Wildman–Crippen MR) is 46.1 cm³/mol. The van der Waals surface area contributed by atoms with E-state index in [1.54, 1.807) is 0 Å². The molecule has 2 aliphatic rings. The van der Waals surface area contributed by atoms with Crippen molar-refractivity contribution in [3.63, 3.8) is 0 Å². The van der Waals surface area contributed by atoms with Crippen molar-refractivity contribution >= 4 is 13.7 Å². The first-order chi connectivity index (χ1) is 5.60. The number of carbonyl (C=O) groups excluding carboxylic acids is 1. The smallest absolute Gasteiger partial charge is 0.236 e. The second-order valence-electron chi connectivity index (χ2n) is 4.31. The molecule has 0 aromatic rings. The van der Waals surface area contributed by atoms with Crippen molar-refractivity contribution in [2.45, 2.75) is 38.2 Å². The van der Waals surface area contributed by atoms with Gasteiger partial charge in [-0.25, -0.2) is 0 Å². The average Bonchev–Trinajstić information content (AvgIpc) is 2.42. The molecule has 0 amide bonds. The summed E-state index contributed by atoms with van der Waals surface area (Å²) in [4.78, 5) is 10.6. The van der Waals surface area contributed by atoms with E-state index in [0.29, 0.717) is 5.92 Å². The first kappa shape index (κ1) is 8.15. The number of carbonyl (C=O) groups is 1. The van der Waals surface area contributed by atoms with Crippen LogP contribution in [0, 0.1) is 11.8 Å². The summed E-state index contributed by atoms with van der Waals surface area (Å²) in [6, 6.07) is 0. The highest BCUT2D eigenvalue weighted by Gasteiger charge is 2.49. The lowest BCUT2D eigenvalue weighted by atomic mass is 9.85. The minimum Gasteiger partial charge on any atom is -0.468 e. The number of hydrogen-bond acceptors (Lipinski definition) is 2. The molecule has 64 valence electrons. The Labute approximate surface area is 74.1 Å². The van der Waals surface area contributed by atoms with Crippen LogP contribution in [0.2, 0.25) is 0 Å². The van der Waals surface area contributed by atoms with Crippen LogP contribution in [0.25, 0.3) is 0 Å². The quantitative estimate of drug-likeness (QED) is 0.553. The van der Waals surface area contributed by atoms with Gasteiger partial charge in [0.15, 0.2) is 0 Å². The van der Waals surface area contributed by atoms with Gasteiger partial charge in [0, 0.05) is 0 Å². The molecule has 2 rings (SSSR count). The highest BCUT2D eigenvalue weighted by atomic mass is 16.6. The van der Waals surface area contributed by atoms with Gasteiger partial charge in [-0.05, 0) is 44.4 Å². The second-order valence-corrected chi connectivity index (χ2v) is 4.31. The maximum absolute atomic E-state index is 10.6. The van der Waals surface area contributed by atoms with E-state index < -0.39 is 5.87 Å². The lowest BCUT2D eigenvalue weighted by Gasteiger charge is -2.33. The van der Waals surface area contributed by atoms with E-state index in [4.69, 9.17) is 12.6 Å². The molecule has 0 heterocycles. The van der Waals surface area contributed by atoms with Crippen LogP contribution in [0.5, 0.6) is 0 Å². The number of rotatable bonds is 1. The molecule has 2 fully saturated rings. The first-order valence-corrected chi connectivity index (χ1v) is 4.58. The normalized spacial score (nSPS) is 44.8. The van der Waals surface area contributed by atoms with E-state index >= 15 is 0 Å². The monoisotopic (exact) mass is 164 g/mol. The van der Waals surface area contributed by atoms with Crippen LogP contribution in [-0.4, -0.2) is 19.3 Å². The fraction of sp³-hybridized carbons (Fsp3) is 0.889. The minimum atomic E-state index is -0.620.